The number of halogens is 3. The molecule has 0 unspecified atom stereocenters. The quantitative estimate of drug-likeness (QED) is 0.839. The number of nitrogens with zero attached hydrogens (tertiary/aromatic N) is 3. The van der Waals surface area contributed by atoms with E-state index in [4.69, 9.17) is 0 Å². The van der Waals surface area contributed by atoms with Gasteiger partial charge in [0.05, 0.1) is 29.9 Å². The summed E-state index contributed by atoms with van der Waals surface area (Å²) < 4.78 is 65.3. The third kappa shape index (κ3) is 3.20. The van der Waals surface area contributed by atoms with Gasteiger partial charge in [-0.15, -0.1) is 0 Å². The Morgan fingerprint density at radius 3 is 2.43 bits per heavy atom. The maximum atomic E-state index is 13.1. The van der Waals surface area contributed by atoms with Gasteiger partial charge < -0.3 is 4.40 Å². The van der Waals surface area contributed by atoms with Crippen LogP contribution in [0.25, 0.3) is 5.52 Å². The molecule has 2 aromatic rings. The summed E-state index contributed by atoms with van der Waals surface area (Å²) in [5.41, 5.74) is 0.215. The molecule has 0 aromatic carbocycles. The number of alkyl halides is 3. The summed E-state index contributed by atoms with van der Waals surface area (Å²) in [6, 6.07) is 2.22. The predicted octanol–water partition coefficient (Wildman–Crippen LogP) is 2.49. The highest BCUT2D eigenvalue weighted by molar-refractivity contribution is 7.88. The predicted molar refractivity (Wildman–Crippen MR) is 78.6 cm³/mol. The normalized spacial score (nSPS) is 18.6. The van der Waals surface area contributed by atoms with Crippen LogP contribution in [-0.2, 0) is 16.2 Å². The first kappa shape index (κ1) is 16.3. The Morgan fingerprint density at radius 1 is 1.22 bits per heavy atom. The molecule has 0 aliphatic carbocycles. The molecule has 9 heteroatoms. The van der Waals surface area contributed by atoms with Crippen LogP contribution in [0.15, 0.2) is 24.7 Å². The molecule has 0 spiro atoms. The second-order valence-electron chi connectivity index (χ2n) is 5.79. The van der Waals surface area contributed by atoms with Crippen molar-refractivity contribution in [1.29, 1.82) is 0 Å². The van der Waals surface area contributed by atoms with E-state index in [1.807, 2.05) is 0 Å². The average Bonchev–Trinajstić information content (AvgIpc) is 2.93. The van der Waals surface area contributed by atoms with E-state index in [0.29, 0.717) is 37.1 Å². The van der Waals surface area contributed by atoms with Crippen LogP contribution in [0.1, 0.15) is 30.0 Å². The van der Waals surface area contributed by atoms with Gasteiger partial charge in [0.2, 0.25) is 10.0 Å². The van der Waals surface area contributed by atoms with Crippen LogP contribution in [0.5, 0.6) is 0 Å². The van der Waals surface area contributed by atoms with Gasteiger partial charge in [0.15, 0.2) is 0 Å². The molecule has 0 radical (unpaired) electrons. The third-order valence-corrected chi connectivity index (χ3v) is 5.52. The number of sulfonamides is 1. The highest BCUT2D eigenvalue weighted by atomic mass is 32.2. The van der Waals surface area contributed by atoms with Crippen LogP contribution in [0.4, 0.5) is 13.2 Å². The summed E-state index contributed by atoms with van der Waals surface area (Å²) in [6.45, 7) is 0.631. The first-order chi connectivity index (χ1) is 10.7. The number of rotatable bonds is 2. The van der Waals surface area contributed by atoms with Crippen LogP contribution in [0.3, 0.4) is 0 Å². The molecule has 0 atom stereocenters. The van der Waals surface area contributed by atoms with E-state index in [9.17, 15) is 21.6 Å². The van der Waals surface area contributed by atoms with Crippen molar-refractivity contribution in [3.05, 3.63) is 35.9 Å². The highest BCUT2D eigenvalue weighted by Gasteiger charge is 2.33. The summed E-state index contributed by atoms with van der Waals surface area (Å²) in [7, 11) is -3.26. The molecule has 5 nitrogen and oxygen atoms in total. The smallest absolute Gasteiger partial charge is 0.303 e. The van der Waals surface area contributed by atoms with Crippen LogP contribution in [-0.4, -0.2) is 41.5 Å². The van der Waals surface area contributed by atoms with E-state index < -0.39 is 21.8 Å². The summed E-state index contributed by atoms with van der Waals surface area (Å²) in [4.78, 5) is 3.92. The fourth-order valence-electron chi connectivity index (χ4n) is 3.02. The lowest BCUT2D eigenvalue weighted by atomic mass is 9.93. The summed E-state index contributed by atoms with van der Waals surface area (Å²) in [5.74, 6) is -0.132. The summed E-state index contributed by atoms with van der Waals surface area (Å²) in [5, 5.41) is 0. The van der Waals surface area contributed by atoms with Crippen LogP contribution >= 0.6 is 0 Å². The van der Waals surface area contributed by atoms with Gasteiger partial charge in [-0.05, 0) is 25.0 Å². The van der Waals surface area contributed by atoms with E-state index in [2.05, 4.69) is 4.98 Å². The second-order valence-corrected chi connectivity index (χ2v) is 7.77. The first-order valence-electron chi connectivity index (χ1n) is 7.14. The molecular weight excluding hydrogens is 331 g/mol. The lowest BCUT2D eigenvalue weighted by Crippen LogP contribution is -2.37. The van der Waals surface area contributed by atoms with Gasteiger partial charge in [0.25, 0.3) is 0 Å². The third-order valence-electron chi connectivity index (χ3n) is 4.22. The number of hydrogen-bond acceptors (Lipinski definition) is 3. The van der Waals surface area contributed by atoms with Crippen molar-refractivity contribution < 1.29 is 21.6 Å². The molecule has 0 N–H and O–H groups in total. The largest absolute Gasteiger partial charge is 0.416 e. The monoisotopic (exact) mass is 347 g/mol. The topological polar surface area (TPSA) is 54.7 Å². The standard InChI is InChI=1S/C14H16F3N3O2S/c1-23(21,22)19-4-2-10(3-5-19)13-7-11(14(15,16)17)6-12-8-18-9-20(12)13/h6-10H,2-5H2,1H3. The molecule has 0 saturated carbocycles. The fourth-order valence-corrected chi connectivity index (χ4v) is 3.89. The Kier molecular flexibility index (Phi) is 3.88. The fraction of sp³-hybridized carbons (Fsp3) is 0.500. The number of fused-ring (bicyclic) bond motifs is 1. The molecule has 0 bridgehead atoms. The molecule has 1 saturated heterocycles. The van der Waals surface area contributed by atoms with Gasteiger partial charge in [-0.3, -0.25) is 0 Å². The van der Waals surface area contributed by atoms with Crippen molar-refractivity contribution in [2.24, 2.45) is 0 Å². The zero-order valence-electron chi connectivity index (χ0n) is 12.4. The molecule has 126 valence electrons. The van der Waals surface area contributed by atoms with Crippen LogP contribution in [0, 0.1) is 0 Å². The number of imidazole rings is 1. The average molecular weight is 347 g/mol. The van der Waals surface area contributed by atoms with Gasteiger partial charge in [-0.1, -0.05) is 0 Å². The molecule has 23 heavy (non-hydrogen) atoms. The van der Waals surface area contributed by atoms with E-state index in [-0.39, 0.29) is 5.92 Å². The Morgan fingerprint density at radius 2 is 1.87 bits per heavy atom. The van der Waals surface area contributed by atoms with Gasteiger partial charge in [0.1, 0.15) is 0 Å². The maximum absolute atomic E-state index is 13.1. The van der Waals surface area contributed by atoms with Gasteiger partial charge in [0, 0.05) is 24.7 Å². The van der Waals surface area contributed by atoms with Gasteiger partial charge in [-0.25, -0.2) is 17.7 Å². The minimum atomic E-state index is -4.42. The van der Waals surface area contributed by atoms with Gasteiger partial charge in [-0.2, -0.15) is 13.2 Å². The van der Waals surface area contributed by atoms with Crippen LogP contribution < -0.4 is 0 Å². The first-order valence-corrected chi connectivity index (χ1v) is 8.99. The lowest BCUT2D eigenvalue weighted by molar-refractivity contribution is -0.137. The Labute approximate surface area is 131 Å². The summed E-state index contributed by atoms with van der Waals surface area (Å²) in [6.07, 6.45) is 0.585. The molecule has 0 amide bonds. The Hall–Kier alpha value is -1.61. The lowest BCUT2D eigenvalue weighted by Gasteiger charge is -2.31. The van der Waals surface area contributed by atoms with Gasteiger partial charge >= 0.3 is 6.18 Å². The van der Waals surface area contributed by atoms with E-state index >= 15 is 0 Å². The Balaban J connectivity index is 1.95. The Bertz CT molecular complexity index is 821. The summed E-state index contributed by atoms with van der Waals surface area (Å²) >= 11 is 0. The SMILES string of the molecule is CS(=O)(=O)N1CCC(c2cc(C(F)(F)F)cc3cncn23)CC1. The molecule has 1 aliphatic heterocycles. The van der Waals surface area contributed by atoms with Crippen molar-refractivity contribution in [3.8, 4) is 0 Å². The zero-order valence-corrected chi connectivity index (χ0v) is 13.2. The minimum Gasteiger partial charge on any atom is -0.303 e. The molecule has 1 aliphatic rings. The molecule has 2 aromatic heterocycles. The number of aromatic nitrogens is 2. The van der Waals surface area contributed by atoms with Crippen molar-refractivity contribution in [3.63, 3.8) is 0 Å². The van der Waals surface area contributed by atoms with Crippen molar-refractivity contribution in [2.75, 3.05) is 19.3 Å². The molecule has 3 heterocycles. The molecular formula is C14H16F3N3O2S. The minimum absolute atomic E-state index is 0.132. The van der Waals surface area contributed by atoms with E-state index in [1.54, 1.807) is 4.40 Å². The highest BCUT2D eigenvalue weighted by Crippen LogP contribution is 2.35. The van der Waals surface area contributed by atoms with Crippen molar-refractivity contribution in [2.45, 2.75) is 24.9 Å². The number of pyridine rings is 1. The van der Waals surface area contributed by atoms with E-state index in [0.717, 1.165) is 18.4 Å². The number of hydrogen-bond donors (Lipinski definition) is 0. The second kappa shape index (κ2) is 5.48. The molecule has 1 fully saturated rings. The van der Waals surface area contributed by atoms with E-state index in [1.165, 1.54) is 16.8 Å². The molecule has 3 rings (SSSR count). The van der Waals surface area contributed by atoms with Crippen molar-refractivity contribution >= 4 is 15.5 Å². The maximum Gasteiger partial charge on any atom is 0.416 e. The van der Waals surface area contributed by atoms with Crippen LogP contribution in [0.2, 0.25) is 0 Å². The van der Waals surface area contributed by atoms with Crippen molar-refractivity contribution in [1.82, 2.24) is 13.7 Å². The zero-order chi connectivity index (χ0) is 16.8. The number of piperidine rings is 1.